The van der Waals surface area contributed by atoms with Crippen molar-refractivity contribution in [2.45, 2.75) is 17.8 Å². The number of aliphatic hydroxyl groups excluding tert-OH is 1. The quantitative estimate of drug-likeness (QED) is 0.808. The Morgan fingerprint density at radius 2 is 1.60 bits per heavy atom. The van der Waals surface area contributed by atoms with E-state index in [0.29, 0.717) is 5.56 Å². The minimum absolute atomic E-state index is 0.0932. The van der Waals surface area contributed by atoms with Gasteiger partial charge >= 0.3 is 6.36 Å². The third-order valence-corrected chi connectivity index (χ3v) is 5.13. The van der Waals surface area contributed by atoms with Gasteiger partial charge in [-0.25, -0.2) is 8.42 Å². The first-order chi connectivity index (χ1) is 11.7. The molecule has 9 heteroatoms. The minimum atomic E-state index is -5.02. The van der Waals surface area contributed by atoms with Crippen LogP contribution in [0.15, 0.2) is 59.5 Å². The van der Waals surface area contributed by atoms with Crippen LogP contribution in [0.4, 0.5) is 13.2 Å². The Labute approximate surface area is 143 Å². The van der Waals surface area contributed by atoms with Gasteiger partial charge in [0, 0.05) is 13.1 Å². The van der Waals surface area contributed by atoms with Crippen molar-refractivity contribution in [2.75, 3.05) is 13.2 Å². The number of nitrogens with zero attached hydrogens (tertiary/aromatic N) is 1. The van der Waals surface area contributed by atoms with Crippen LogP contribution < -0.4 is 4.74 Å². The molecule has 0 aromatic heterocycles. The molecule has 0 aliphatic heterocycles. The van der Waals surface area contributed by atoms with Gasteiger partial charge in [0.2, 0.25) is 10.0 Å². The third-order valence-electron chi connectivity index (χ3n) is 3.24. The van der Waals surface area contributed by atoms with Crippen LogP contribution in [0.3, 0.4) is 0 Å². The Kier molecular flexibility index (Phi) is 6.04. The van der Waals surface area contributed by atoms with Crippen molar-refractivity contribution in [3.63, 3.8) is 0 Å². The summed E-state index contributed by atoms with van der Waals surface area (Å²) < 4.78 is 67.9. The predicted molar refractivity (Wildman–Crippen MR) is 84.2 cm³/mol. The van der Waals surface area contributed by atoms with Gasteiger partial charge < -0.3 is 9.84 Å². The lowest BCUT2D eigenvalue weighted by atomic mass is 10.2. The van der Waals surface area contributed by atoms with E-state index in [1.807, 2.05) is 0 Å². The second kappa shape index (κ2) is 7.85. The Bertz CT molecular complexity index is 795. The maximum Gasteiger partial charge on any atom is 0.573 e. The van der Waals surface area contributed by atoms with Crippen molar-refractivity contribution >= 4 is 10.0 Å². The SMILES string of the molecule is O=S(=O)(c1ccccc1OC(F)(F)F)N(CCO)Cc1ccccc1. The highest BCUT2D eigenvalue weighted by molar-refractivity contribution is 7.89. The predicted octanol–water partition coefficient (Wildman–Crippen LogP) is 2.77. The highest BCUT2D eigenvalue weighted by Crippen LogP contribution is 2.31. The fourth-order valence-corrected chi connectivity index (χ4v) is 3.73. The number of sulfonamides is 1. The zero-order chi connectivity index (χ0) is 18.5. The lowest BCUT2D eigenvalue weighted by Crippen LogP contribution is -2.33. The van der Waals surface area contributed by atoms with Crippen LogP contribution in [0.1, 0.15) is 5.56 Å². The van der Waals surface area contributed by atoms with Crippen LogP contribution in [0, 0.1) is 0 Å². The van der Waals surface area contributed by atoms with Crippen molar-refractivity contribution in [3.05, 3.63) is 60.2 Å². The zero-order valence-electron chi connectivity index (χ0n) is 13.0. The molecular weight excluding hydrogens is 359 g/mol. The number of hydrogen-bond acceptors (Lipinski definition) is 4. The largest absolute Gasteiger partial charge is 0.573 e. The monoisotopic (exact) mass is 375 g/mol. The Hall–Kier alpha value is -2.10. The molecule has 0 fully saturated rings. The van der Waals surface area contributed by atoms with Gasteiger partial charge in [-0.05, 0) is 17.7 Å². The first-order valence-electron chi connectivity index (χ1n) is 7.24. The number of ether oxygens (including phenoxy) is 1. The van der Waals surface area contributed by atoms with Gasteiger partial charge in [-0.15, -0.1) is 13.2 Å². The molecule has 25 heavy (non-hydrogen) atoms. The lowest BCUT2D eigenvalue weighted by Gasteiger charge is -2.23. The maximum atomic E-state index is 12.8. The van der Waals surface area contributed by atoms with E-state index in [1.165, 1.54) is 12.1 Å². The number of aliphatic hydroxyl groups is 1. The number of benzene rings is 2. The second-order valence-electron chi connectivity index (χ2n) is 5.04. The Balaban J connectivity index is 2.40. The molecule has 0 spiro atoms. The summed E-state index contributed by atoms with van der Waals surface area (Å²) in [5, 5.41) is 9.16. The van der Waals surface area contributed by atoms with E-state index >= 15 is 0 Å². The molecule has 136 valence electrons. The molecule has 0 saturated heterocycles. The molecular formula is C16H16F3NO4S. The smallest absolute Gasteiger partial charge is 0.404 e. The molecule has 0 saturated carbocycles. The molecule has 5 nitrogen and oxygen atoms in total. The topological polar surface area (TPSA) is 66.8 Å². The van der Waals surface area contributed by atoms with E-state index in [2.05, 4.69) is 4.74 Å². The molecule has 0 aliphatic rings. The Morgan fingerprint density at radius 3 is 2.20 bits per heavy atom. The Morgan fingerprint density at radius 1 is 1.00 bits per heavy atom. The average Bonchev–Trinajstić information content (AvgIpc) is 2.54. The van der Waals surface area contributed by atoms with E-state index < -0.39 is 33.6 Å². The van der Waals surface area contributed by atoms with Gasteiger partial charge in [0.05, 0.1) is 6.61 Å². The fourth-order valence-electron chi connectivity index (χ4n) is 2.19. The summed E-state index contributed by atoms with van der Waals surface area (Å²) in [6.07, 6.45) is -5.02. The van der Waals surface area contributed by atoms with Crippen LogP contribution in [0.5, 0.6) is 5.75 Å². The highest BCUT2D eigenvalue weighted by Gasteiger charge is 2.35. The minimum Gasteiger partial charge on any atom is -0.404 e. The summed E-state index contributed by atoms with van der Waals surface area (Å²) in [4.78, 5) is -0.614. The van der Waals surface area contributed by atoms with Crippen molar-refractivity contribution in [3.8, 4) is 5.75 Å². The molecule has 0 amide bonds. The van der Waals surface area contributed by atoms with E-state index in [-0.39, 0.29) is 13.1 Å². The second-order valence-corrected chi connectivity index (χ2v) is 6.95. The molecule has 0 unspecified atom stereocenters. The number of alkyl halides is 3. The molecule has 0 aliphatic carbocycles. The molecule has 2 rings (SSSR count). The van der Waals surface area contributed by atoms with Gasteiger partial charge in [0.15, 0.2) is 0 Å². The summed E-state index contributed by atoms with van der Waals surface area (Å²) in [6, 6.07) is 13.0. The number of para-hydroxylation sites is 1. The van der Waals surface area contributed by atoms with Crippen LogP contribution in [0.2, 0.25) is 0 Å². The number of halogens is 3. The maximum absolute atomic E-state index is 12.8. The first-order valence-corrected chi connectivity index (χ1v) is 8.68. The fraction of sp³-hybridized carbons (Fsp3) is 0.250. The highest BCUT2D eigenvalue weighted by atomic mass is 32.2. The first kappa shape index (κ1) is 19.2. The molecule has 0 heterocycles. The van der Waals surface area contributed by atoms with Crippen LogP contribution in [-0.4, -0.2) is 37.3 Å². The number of rotatable bonds is 7. The van der Waals surface area contributed by atoms with Gasteiger partial charge in [0.1, 0.15) is 10.6 Å². The van der Waals surface area contributed by atoms with Gasteiger partial charge in [-0.2, -0.15) is 4.31 Å². The van der Waals surface area contributed by atoms with Crippen molar-refractivity contribution in [2.24, 2.45) is 0 Å². The summed E-state index contributed by atoms with van der Waals surface area (Å²) >= 11 is 0. The van der Waals surface area contributed by atoms with Gasteiger partial charge in [0.25, 0.3) is 0 Å². The molecule has 2 aromatic carbocycles. The van der Waals surface area contributed by atoms with Gasteiger partial charge in [-0.1, -0.05) is 42.5 Å². The lowest BCUT2D eigenvalue weighted by molar-refractivity contribution is -0.275. The number of hydrogen-bond donors (Lipinski definition) is 1. The molecule has 0 radical (unpaired) electrons. The third kappa shape index (κ3) is 5.18. The van der Waals surface area contributed by atoms with Crippen LogP contribution in [0.25, 0.3) is 0 Å². The summed E-state index contributed by atoms with van der Waals surface area (Å²) in [6.45, 7) is -0.837. The van der Waals surface area contributed by atoms with Crippen LogP contribution in [-0.2, 0) is 16.6 Å². The van der Waals surface area contributed by atoms with Crippen molar-refractivity contribution in [1.29, 1.82) is 0 Å². The summed E-state index contributed by atoms with van der Waals surface area (Å²) in [5.74, 6) is -0.814. The molecule has 1 N–H and O–H groups in total. The molecule has 0 bridgehead atoms. The van der Waals surface area contributed by atoms with E-state index in [9.17, 15) is 21.6 Å². The normalized spacial score (nSPS) is 12.4. The van der Waals surface area contributed by atoms with E-state index in [1.54, 1.807) is 30.3 Å². The van der Waals surface area contributed by atoms with E-state index in [4.69, 9.17) is 5.11 Å². The van der Waals surface area contributed by atoms with Crippen molar-refractivity contribution < 1.29 is 31.4 Å². The van der Waals surface area contributed by atoms with Crippen molar-refractivity contribution in [1.82, 2.24) is 4.31 Å². The van der Waals surface area contributed by atoms with E-state index in [0.717, 1.165) is 16.4 Å². The molecule has 0 atom stereocenters. The molecule has 2 aromatic rings. The summed E-state index contributed by atoms with van der Waals surface area (Å²) in [7, 11) is -4.32. The summed E-state index contributed by atoms with van der Waals surface area (Å²) in [5.41, 5.74) is 0.633. The zero-order valence-corrected chi connectivity index (χ0v) is 13.8. The van der Waals surface area contributed by atoms with Crippen LogP contribution >= 0.6 is 0 Å². The standard InChI is InChI=1S/C16H16F3NO4S/c17-16(18,19)24-14-8-4-5-9-15(14)25(22,23)20(10-11-21)12-13-6-2-1-3-7-13/h1-9,21H,10-12H2. The van der Waals surface area contributed by atoms with Gasteiger partial charge in [-0.3, -0.25) is 0 Å². The average molecular weight is 375 g/mol.